The highest BCUT2D eigenvalue weighted by Gasteiger charge is 2.60. The van der Waals surface area contributed by atoms with Crippen LogP contribution in [-0.2, 0) is 20.9 Å². The van der Waals surface area contributed by atoms with Crippen LogP contribution in [0.4, 0.5) is 10.1 Å². The summed E-state index contributed by atoms with van der Waals surface area (Å²) < 4.78 is 38.2. The lowest BCUT2D eigenvalue weighted by molar-refractivity contribution is -0.148. The van der Waals surface area contributed by atoms with Gasteiger partial charge in [-0.3, -0.25) is 18.4 Å². The summed E-state index contributed by atoms with van der Waals surface area (Å²) >= 11 is 3.29. The highest BCUT2D eigenvalue weighted by Crippen LogP contribution is 2.60. The third kappa shape index (κ3) is 3.19. The van der Waals surface area contributed by atoms with Gasteiger partial charge in [0.1, 0.15) is 5.54 Å². The van der Waals surface area contributed by atoms with E-state index in [0.717, 1.165) is 23.6 Å². The number of halogens is 2. The molecule has 0 radical (unpaired) electrons. The van der Waals surface area contributed by atoms with Gasteiger partial charge in [0, 0.05) is 11.5 Å². The monoisotopic (exact) mass is 483 g/mol. The number of amides is 2. The summed E-state index contributed by atoms with van der Waals surface area (Å²) in [6.07, 6.45) is 5.45. The van der Waals surface area contributed by atoms with E-state index in [1.165, 1.54) is 18.2 Å². The molecule has 0 saturated heterocycles. The van der Waals surface area contributed by atoms with Gasteiger partial charge in [0.25, 0.3) is 11.3 Å². The Bertz CT molecular complexity index is 987. The van der Waals surface area contributed by atoms with E-state index in [4.69, 9.17) is 17.3 Å². The molecule has 0 aliphatic heterocycles. The van der Waals surface area contributed by atoms with Gasteiger partial charge in [-0.15, -0.1) is 0 Å². The summed E-state index contributed by atoms with van der Waals surface area (Å²) in [5.74, 6) is -0.662. The van der Waals surface area contributed by atoms with E-state index in [1.807, 2.05) is 0 Å². The van der Waals surface area contributed by atoms with E-state index >= 15 is 0 Å². The highest BCUT2D eigenvalue weighted by atomic mass is 35.5. The van der Waals surface area contributed by atoms with E-state index in [0.29, 0.717) is 38.0 Å². The van der Waals surface area contributed by atoms with Gasteiger partial charge in [-0.05, 0) is 81.3 Å². The minimum absolute atomic E-state index is 0.109. The van der Waals surface area contributed by atoms with Crippen LogP contribution in [0, 0.1) is 29.0 Å². The van der Waals surface area contributed by atoms with Crippen molar-refractivity contribution in [1.82, 2.24) is 5.32 Å². The number of rotatable bonds is 6. The van der Waals surface area contributed by atoms with E-state index < -0.39 is 28.0 Å². The number of nitrogens with zero attached hydrogens (tertiary/aromatic N) is 1. The zero-order chi connectivity index (χ0) is 22.8. The van der Waals surface area contributed by atoms with Crippen LogP contribution in [0.2, 0.25) is 5.02 Å². The molecule has 32 heavy (non-hydrogen) atoms. The SMILES string of the molecule is NC(=O)C12CC3CC(C1)C(NC(=O)C1(N(c4cccc(Cl)c4F)S(=O)O)CCC1)C(C3)C2. The van der Waals surface area contributed by atoms with Gasteiger partial charge in [-0.2, -0.15) is 0 Å². The van der Waals surface area contributed by atoms with Crippen LogP contribution in [-0.4, -0.2) is 32.2 Å². The summed E-state index contributed by atoms with van der Waals surface area (Å²) in [7, 11) is 0. The molecule has 1 aromatic rings. The van der Waals surface area contributed by atoms with Gasteiger partial charge in [-0.1, -0.05) is 17.7 Å². The number of hydrogen-bond acceptors (Lipinski definition) is 3. The molecule has 3 atom stereocenters. The summed E-state index contributed by atoms with van der Waals surface area (Å²) in [5, 5.41) is 2.99. The van der Waals surface area contributed by atoms with E-state index in [1.54, 1.807) is 0 Å². The van der Waals surface area contributed by atoms with Crippen LogP contribution in [0.3, 0.4) is 0 Å². The number of hydrogen-bond donors (Lipinski definition) is 3. The quantitative estimate of drug-likeness (QED) is 0.539. The number of benzene rings is 1. The molecule has 3 unspecified atom stereocenters. The molecule has 1 aromatic carbocycles. The normalized spacial score (nSPS) is 35.1. The van der Waals surface area contributed by atoms with Gasteiger partial charge in [0.15, 0.2) is 5.82 Å². The van der Waals surface area contributed by atoms with Crippen LogP contribution in [0.1, 0.15) is 51.4 Å². The van der Waals surface area contributed by atoms with Crippen LogP contribution in [0.25, 0.3) is 0 Å². The van der Waals surface area contributed by atoms with Gasteiger partial charge in [0.05, 0.1) is 10.7 Å². The first kappa shape index (κ1) is 22.1. The molecular weight excluding hydrogens is 457 g/mol. The Kier molecular flexibility index (Phi) is 5.30. The van der Waals surface area contributed by atoms with Crippen molar-refractivity contribution in [3.63, 3.8) is 0 Å². The van der Waals surface area contributed by atoms with Gasteiger partial charge in [0.2, 0.25) is 11.8 Å². The zero-order valence-electron chi connectivity index (χ0n) is 17.6. The van der Waals surface area contributed by atoms with Crippen LogP contribution in [0.15, 0.2) is 18.2 Å². The van der Waals surface area contributed by atoms with Crippen molar-refractivity contribution >= 4 is 40.4 Å². The summed E-state index contributed by atoms with van der Waals surface area (Å²) in [6, 6.07) is 4.10. The fourth-order valence-corrected chi connectivity index (χ4v) is 8.04. The molecule has 5 aliphatic carbocycles. The average Bonchev–Trinajstić information content (AvgIpc) is 2.69. The Morgan fingerprint density at radius 3 is 2.41 bits per heavy atom. The fourth-order valence-electron chi connectivity index (χ4n) is 6.99. The number of nitrogens with one attached hydrogen (secondary N) is 1. The standard InChI is InChI=1S/C22H27ClFN3O4S/c23-15-3-1-4-16(17(15)24)27(32(30)31)22(5-2-6-22)20(29)26-18-13-7-12-8-14(18)11-21(9-12,10-13)19(25)28/h1,3-4,12-14,18H,2,5-11H2,(H2,25,28)(H,26,29)(H,30,31). The Hall–Kier alpha value is -1.71. The maximum absolute atomic E-state index is 14.8. The van der Waals surface area contributed by atoms with Crippen molar-refractivity contribution in [3.8, 4) is 0 Å². The minimum atomic E-state index is -2.62. The predicted molar refractivity (Wildman–Crippen MR) is 118 cm³/mol. The number of carbonyl (C=O) groups is 2. The molecule has 6 rings (SSSR count). The molecule has 10 heteroatoms. The van der Waals surface area contributed by atoms with E-state index in [-0.39, 0.29) is 40.4 Å². The minimum Gasteiger partial charge on any atom is -0.369 e. The number of anilines is 1. The third-order valence-electron chi connectivity index (χ3n) is 8.39. The average molecular weight is 484 g/mol. The molecule has 4 N–H and O–H groups in total. The van der Waals surface area contributed by atoms with Gasteiger partial charge >= 0.3 is 0 Å². The molecule has 2 amide bonds. The summed E-state index contributed by atoms with van der Waals surface area (Å²) in [5.41, 5.74) is 3.82. The molecule has 0 aromatic heterocycles. The van der Waals surface area contributed by atoms with Gasteiger partial charge < -0.3 is 11.1 Å². The van der Waals surface area contributed by atoms with Crippen LogP contribution in [0.5, 0.6) is 0 Å². The Morgan fingerprint density at radius 2 is 1.88 bits per heavy atom. The maximum atomic E-state index is 14.8. The molecule has 5 aliphatic rings. The molecule has 0 heterocycles. The molecule has 0 spiro atoms. The largest absolute Gasteiger partial charge is 0.369 e. The first-order valence-electron chi connectivity index (χ1n) is 11.1. The predicted octanol–water partition coefficient (Wildman–Crippen LogP) is 3.14. The Balaban J connectivity index is 1.43. The number of carbonyl (C=O) groups excluding carboxylic acids is 2. The molecule has 4 bridgehead atoms. The molecule has 5 saturated carbocycles. The van der Waals surface area contributed by atoms with Crippen molar-refractivity contribution in [2.24, 2.45) is 28.9 Å². The molecule has 7 nitrogen and oxygen atoms in total. The van der Waals surface area contributed by atoms with Crippen molar-refractivity contribution in [2.45, 2.75) is 62.9 Å². The third-order valence-corrected chi connectivity index (χ3v) is 9.54. The topological polar surface area (TPSA) is 113 Å². The smallest absolute Gasteiger partial charge is 0.262 e. The lowest BCUT2D eigenvalue weighted by Crippen LogP contribution is -2.68. The van der Waals surface area contributed by atoms with Crippen molar-refractivity contribution < 1.29 is 22.7 Å². The second kappa shape index (κ2) is 7.67. The molecular formula is C22H27ClFN3O4S. The maximum Gasteiger partial charge on any atom is 0.262 e. The highest BCUT2D eigenvalue weighted by molar-refractivity contribution is 7.80. The van der Waals surface area contributed by atoms with Crippen molar-refractivity contribution in [3.05, 3.63) is 29.0 Å². The van der Waals surface area contributed by atoms with E-state index in [2.05, 4.69) is 5.32 Å². The summed E-state index contributed by atoms with van der Waals surface area (Å²) in [6.45, 7) is 0. The van der Waals surface area contributed by atoms with Crippen LogP contribution >= 0.6 is 11.6 Å². The van der Waals surface area contributed by atoms with Crippen molar-refractivity contribution in [1.29, 1.82) is 0 Å². The zero-order valence-corrected chi connectivity index (χ0v) is 19.1. The number of nitrogens with two attached hydrogens (primary N) is 1. The lowest BCUT2D eigenvalue weighted by Gasteiger charge is -2.59. The first-order valence-corrected chi connectivity index (χ1v) is 12.6. The lowest BCUT2D eigenvalue weighted by atomic mass is 9.47. The first-order chi connectivity index (χ1) is 15.2. The van der Waals surface area contributed by atoms with Crippen molar-refractivity contribution in [2.75, 3.05) is 4.31 Å². The summed E-state index contributed by atoms with van der Waals surface area (Å²) in [4.78, 5) is 25.8. The van der Waals surface area contributed by atoms with E-state index in [9.17, 15) is 22.7 Å². The number of primary amides is 1. The second-order valence-corrected chi connectivity index (χ2v) is 11.3. The van der Waals surface area contributed by atoms with Crippen LogP contribution < -0.4 is 15.4 Å². The molecule has 174 valence electrons. The Labute approximate surface area is 193 Å². The molecule has 5 fully saturated rings. The Morgan fingerprint density at radius 1 is 1.22 bits per heavy atom. The van der Waals surface area contributed by atoms with Gasteiger partial charge in [-0.25, -0.2) is 8.60 Å². The fraction of sp³-hybridized carbons (Fsp3) is 0.636. The second-order valence-electron chi connectivity index (χ2n) is 10.1.